The van der Waals surface area contributed by atoms with E-state index < -0.39 is 0 Å². The summed E-state index contributed by atoms with van der Waals surface area (Å²) in [4.78, 5) is 0. The van der Waals surface area contributed by atoms with Gasteiger partial charge < -0.3 is 4.74 Å². The minimum atomic E-state index is -0.297. The first-order valence-corrected chi connectivity index (χ1v) is 7.05. The molecule has 1 aromatic rings. The molecule has 84 valence electrons. The third-order valence-corrected chi connectivity index (χ3v) is 4.35. The summed E-state index contributed by atoms with van der Waals surface area (Å²) < 4.78 is 6.84. The molecular weight excluding hydrogens is 343 g/mol. The van der Waals surface area contributed by atoms with Gasteiger partial charge in [-0.2, -0.15) is 0 Å². The lowest BCUT2D eigenvalue weighted by molar-refractivity contribution is -0.00767. The molecule has 0 radical (unpaired) electrons. The third-order valence-electron chi connectivity index (χ3n) is 2.07. The van der Waals surface area contributed by atoms with Crippen molar-refractivity contribution in [3.05, 3.63) is 34.3 Å². The first kappa shape index (κ1) is 13.5. The second-order valence-electron chi connectivity index (χ2n) is 3.63. The van der Waals surface area contributed by atoms with Crippen molar-refractivity contribution in [2.24, 2.45) is 0 Å². The van der Waals surface area contributed by atoms with E-state index in [1.165, 1.54) is 0 Å². The van der Waals surface area contributed by atoms with Crippen molar-refractivity contribution in [3.8, 4) is 0 Å². The zero-order valence-electron chi connectivity index (χ0n) is 8.47. The highest BCUT2D eigenvalue weighted by atomic mass is 79.9. The average Bonchev–Trinajstić information content (AvgIpc) is 2.28. The van der Waals surface area contributed by atoms with Crippen molar-refractivity contribution in [2.45, 2.75) is 19.1 Å². The van der Waals surface area contributed by atoms with Crippen LogP contribution in [0.25, 0.3) is 0 Å². The van der Waals surface area contributed by atoms with E-state index in [9.17, 15) is 0 Å². The van der Waals surface area contributed by atoms with Crippen molar-refractivity contribution >= 4 is 43.5 Å². The van der Waals surface area contributed by atoms with Crippen LogP contribution in [-0.2, 0) is 11.3 Å². The SMILES string of the molecule is CC(CCl)(CBr)OCc1ccc(Br)cc1. The minimum absolute atomic E-state index is 0.297. The molecule has 0 bridgehead atoms. The average molecular weight is 356 g/mol. The van der Waals surface area contributed by atoms with Crippen molar-refractivity contribution in [1.29, 1.82) is 0 Å². The number of ether oxygens (including phenoxy) is 1. The van der Waals surface area contributed by atoms with Crippen LogP contribution in [0.1, 0.15) is 12.5 Å². The second kappa shape index (κ2) is 6.24. The van der Waals surface area contributed by atoms with E-state index in [1.807, 2.05) is 31.2 Å². The summed E-state index contributed by atoms with van der Waals surface area (Å²) in [6.07, 6.45) is 0. The minimum Gasteiger partial charge on any atom is -0.368 e. The zero-order valence-corrected chi connectivity index (χ0v) is 12.4. The van der Waals surface area contributed by atoms with Crippen LogP contribution in [0.4, 0.5) is 0 Å². The van der Waals surface area contributed by atoms with E-state index in [2.05, 4.69) is 31.9 Å². The first-order valence-electron chi connectivity index (χ1n) is 4.60. The fourth-order valence-electron chi connectivity index (χ4n) is 0.951. The Kier molecular flexibility index (Phi) is 5.61. The summed E-state index contributed by atoms with van der Waals surface area (Å²) in [7, 11) is 0. The Morgan fingerprint density at radius 2 is 1.93 bits per heavy atom. The van der Waals surface area contributed by atoms with Crippen LogP contribution in [0.3, 0.4) is 0 Å². The number of rotatable bonds is 5. The van der Waals surface area contributed by atoms with Gasteiger partial charge in [-0.25, -0.2) is 0 Å². The number of hydrogen-bond acceptors (Lipinski definition) is 1. The van der Waals surface area contributed by atoms with E-state index in [0.29, 0.717) is 12.5 Å². The van der Waals surface area contributed by atoms with Gasteiger partial charge in [-0.15, -0.1) is 11.6 Å². The van der Waals surface area contributed by atoms with Gasteiger partial charge in [0.05, 0.1) is 18.1 Å². The molecule has 0 saturated carbocycles. The molecule has 0 saturated heterocycles. The van der Waals surface area contributed by atoms with Gasteiger partial charge >= 0.3 is 0 Å². The molecule has 1 atom stereocenters. The standard InChI is InChI=1S/C11H13Br2ClO/c1-11(7-12,8-14)15-6-9-2-4-10(13)5-3-9/h2-5H,6-8H2,1H3. The van der Waals surface area contributed by atoms with Gasteiger partial charge in [0, 0.05) is 9.80 Å². The maximum Gasteiger partial charge on any atom is 0.0890 e. The largest absolute Gasteiger partial charge is 0.368 e. The molecule has 1 rings (SSSR count). The predicted molar refractivity (Wildman–Crippen MR) is 71.9 cm³/mol. The summed E-state index contributed by atoms with van der Waals surface area (Å²) in [6, 6.07) is 8.08. The monoisotopic (exact) mass is 354 g/mol. The highest BCUT2D eigenvalue weighted by Crippen LogP contribution is 2.19. The van der Waals surface area contributed by atoms with Crippen molar-refractivity contribution < 1.29 is 4.74 Å². The van der Waals surface area contributed by atoms with Gasteiger partial charge in [0.15, 0.2) is 0 Å². The van der Waals surface area contributed by atoms with Crippen LogP contribution >= 0.6 is 43.5 Å². The predicted octanol–water partition coefficient (Wildman–Crippen LogP) is 4.36. The Hall–Kier alpha value is 0.430. The zero-order chi connectivity index (χ0) is 11.3. The smallest absolute Gasteiger partial charge is 0.0890 e. The number of hydrogen-bond donors (Lipinski definition) is 0. The lowest BCUT2D eigenvalue weighted by Gasteiger charge is -2.25. The summed E-state index contributed by atoms with van der Waals surface area (Å²) in [6.45, 7) is 2.58. The van der Waals surface area contributed by atoms with Crippen molar-refractivity contribution in [1.82, 2.24) is 0 Å². The van der Waals surface area contributed by atoms with Crippen LogP contribution in [0.5, 0.6) is 0 Å². The Morgan fingerprint density at radius 1 is 1.33 bits per heavy atom. The van der Waals surface area contributed by atoms with Gasteiger partial charge in [0.2, 0.25) is 0 Å². The van der Waals surface area contributed by atoms with Gasteiger partial charge in [0.1, 0.15) is 0 Å². The molecule has 0 fully saturated rings. The molecule has 1 unspecified atom stereocenters. The molecule has 0 aromatic heterocycles. The molecule has 4 heteroatoms. The Balaban J connectivity index is 2.53. The quantitative estimate of drug-likeness (QED) is 0.713. The van der Waals surface area contributed by atoms with Crippen LogP contribution in [0.2, 0.25) is 0 Å². The second-order valence-corrected chi connectivity index (χ2v) is 5.38. The van der Waals surface area contributed by atoms with E-state index in [0.717, 1.165) is 15.4 Å². The summed E-state index contributed by atoms with van der Waals surface area (Å²) in [5, 5.41) is 0.736. The fourth-order valence-corrected chi connectivity index (χ4v) is 1.98. The summed E-state index contributed by atoms with van der Waals surface area (Å²) in [5.41, 5.74) is 0.852. The number of benzene rings is 1. The molecule has 1 aromatic carbocycles. The topological polar surface area (TPSA) is 9.23 Å². The molecule has 15 heavy (non-hydrogen) atoms. The van der Waals surface area contributed by atoms with Crippen LogP contribution < -0.4 is 0 Å². The highest BCUT2D eigenvalue weighted by molar-refractivity contribution is 9.10. The van der Waals surface area contributed by atoms with Crippen LogP contribution in [-0.4, -0.2) is 16.8 Å². The summed E-state index contributed by atoms with van der Waals surface area (Å²) >= 11 is 12.6. The van der Waals surface area contributed by atoms with E-state index in [4.69, 9.17) is 16.3 Å². The lowest BCUT2D eigenvalue weighted by Crippen LogP contribution is -2.32. The maximum atomic E-state index is 5.84. The first-order chi connectivity index (χ1) is 7.09. The molecule has 0 aliphatic rings. The van der Waals surface area contributed by atoms with Crippen LogP contribution in [0, 0.1) is 0 Å². The van der Waals surface area contributed by atoms with E-state index in [-0.39, 0.29) is 5.60 Å². The number of halogens is 3. The Morgan fingerprint density at radius 3 is 2.40 bits per heavy atom. The molecule has 0 N–H and O–H groups in total. The van der Waals surface area contributed by atoms with E-state index in [1.54, 1.807) is 0 Å². The van der Waals surface area contributed by atoms with Gasteiger partial charge in [-0.05, 0) is 24.6 Å². The molecule has 0 heterocycles. The molecule has 1 nitrogen and oxygen atoms in total. The molecule has 0 aliphatic heterocycles. The molecular formula is C11H13Br2ClO. The molecule has 0 aliphatic carbocycles. The Labute approximate surface area is 112 Å². The fraction of sp³-hybridized carbons (Fsp3) is 0.455. The highest BCUT2D eigenvalue weighted by Gasteiger charge is 2.22. The normalized spacial score (nSPS) is 14.9. The van der Waals surface area contributed by atoms with Gasteiger partial charge in [-0.1, -0.05) is 44.0 Å². The molecule has 0 amide bonds. The molecule has 0 spiro atoms. The van der Waals surface area contributed by atoms with Gasteiger partial charge in [0.25, 0.3) is 0 Å². The van der Waals surface area contributed by atoms with Gasteiger partial charge in [-0.3, -0.25) is 0 Å². The third kappa shape index (κ3) is 4.43. The maximum absolute atomic E-state index is 5.84. The van der Waals surface area contributed by atoms with Crippen LogP contribution in [0.15, 0.2) is 28.7 Å². The number of alkyl halides is 2. The van der Waals surface area contributed by atoms with E-state index >= 15 is 0 Å². The summed E-state index contributed by atoms with van der Waals surface area (Å²) in [5.74, 6) is 0.481. The lowest BCUT2D eigenvalue weighted by atomic mass is 10.2. The Bertz CT molecular complexity index is 296. The van der Waals surface area contributed by atoms with Crippen molar-refractivity contribution in [2.75, 3.05) is 11.2 Å². The van der Waals surface area contributed by atoms with Crippen molar-refractivity contribution in [3.63, 3.8) is 0 Å².